The van der Waals surface area contributed by atoms with E-state index in [0.717, 1.165) is 67.3 Å². The van der Waals surface area contributed by atoms with Crippen molar-refractivity contribution < 1.29 is 9.53 Å². The molecule has 1 amide bonds. The molecule has 2 aromatic heterocycles. The second kappa shape index (κ2) is 10.2. The summed E-state index contributed by atoms with van der Waals surface area (Å²) in [7, 11) is 0. The van der Waals surface area contributed by atoms with Crippen LogP contribution >= 0.6 is 0 Å². The Kier molecular flexibility index (Phi) is 6.30. The summed E-state index contributed by atoms with van der Waals surface area (Å²) in [6.45, 7) is 5.00. The molecule has 7 rings (SSSR count). The highest BCUT2D eigenvalue weighted by atomic mass is 16.5. The number of fused-ring (bicyclic) bond motifs is 1. The van der Waals surface area contributed by atoms with Crippen LogP contribution in [0.1, 0.15) is 24.0 Å². The van der Waals surface area contributed by atoms with Gasteiger partial charge in [0.15, 0.2) is 5.82 Å². The van der Waals surface area contributed by atoms with Gasteiger partial charge in [0.1, 0.15) is 5.82 Å². The molecule has 2 fully saturated rings. The van der Waals surface area contributed by atoms with Crippen LogP contribution in [0.2, 0.25) is 0 Å². The fourth-order valence-corrected chi connectivity index (χ4v) is 5.76. The molecule has 0 radical (unpaired) electrons. The predicted molar refractivity (Wildman–Crippen MR) is 148 cm³/mol. The lowest BCUT2D eigenvalue weighted by Gasteiger charge is -2.41. The third-order valence-electron chi connectivity index (χ3n) is 8.16. The summed E-state index contributed by atoms with van der Waals surface area (Å²) in [6, 6.07) is 16.9. The minimum Gasteiger partial charge on any atom is -0.378 e. The number of amides is 1. The minimum absolute atomic E-state index is 0.121. The van der Waals surface area contributed by atoms with Crippen molar-refractivity contribution in [2.75, 3.05) is 31.6 Å². The van der Waals surface area contributed by atoms with Crippen LogP contribution in [-0.4, -0.2) is 68.2 Å². The van der Waals surface area contributed by atoms with Gasteiger partial charge in [-0.05, 0) is 66.9 Å². The second-order valence-electron chi connectivity index (χ2n) is 10.6. The van der Waals surface area contributed by atoms with E-state index in [1.807, 2.05) is 29.3 Å². The maximum absolute atomic E-state index is 13.3. The maximum atomic E-state index is 13.3. The van der Waals surface area contributed by atoms with E-state index < -0.39 is 0 Å². The second-order valence-corrected chi connectivity index (χ2v) is 10.6. The van der Waals surface area contributed by atoms with Crippen molar-refractivity contribution in [3.63, 3.8) is 0 Å². The third kappa shape index (κ3) is 4.91. The maximum Gasteiger partial charge on any atom is 0.226 e. The smallest absolute Gasteiger partial charge is 0.226 e. The number of carbonyl (C=O) groups excluding carboxylic acids is 1. The Labute approximate surface area is 227 Å². The lowest BCUT2D eigenvalue weighted by atomic mass is 9.94. The molecular formula is C30H31N7O2. The van der Waals surface area contributed by atoms with Crippen LogP contribution in [0.25, 0.3) is 22.5 Å². The molecule has 0 saturated carbocycles. The van der Waals surface area contributed by atoms with Crippen molar-refractivity contribution in [1.82, 2.24) is 30.0 Å². The molecule has 0 unspecified atom stereocenters. The summed E-state index contributed by atoms with van der Waals surface area (Å²) >= 11 is 0. The fraction of sp³-hybridized carbons (Fsp3) is 0.333. The van der Waals surface area contributed by atoms with E-state index in [1.54, 1.807) is 12.4 Å². The third-order valence-corrected chi connectivity index (χ3v) is 8.16. The minimum atomic E-state index is 0.121. The highest BCUT2D eigenvalue weighted by Gasteiger charge is 2.35. The van der Waals surface area contributed by atoms with Gasteiger partial charge < -0.3 is 15.0 Å². The Morgan fingerprint density at radius 3 is 2.49 bits per heavy atom. The summed E-state index contributed by atoms with van der Waals surface area (Å²) in [5.41, 5.74) is 6.44. The molecule has 39 heavy (non-hydrogen) atoms. The number of carbonyl (C=O) groups is 1. The Balaban J connectivity index is 1.00. The molecule has 9 heteroatoms. The number of piperidine rings is 1. The SMILES string of the molecule is O=C(C1CCN(C2COC2)CC1)N1Cc2ccc(-c3nccc(Nc4ccc(-c5cn[nH]c5)cc4)n3)cc2C1. The summed E-state index contributed by atoms with van der Waals surface area (Å²) in [4.78, 5) is 27.1. The Morgan fingerprint density at radius 1 is 0.949 bits per heavy atom. The van der Waals surface area contributed by atoms with Gasteiger partial charge in [-0.3, -0.25) is 14.8 Å². The van der Waals surface area contributed by atoms with Crippen LogP contribution < -0.4 is 5.32 Å². The summed E-state index contributed by atoms with van der Waals surface area (Å²) < 4.78 is 5.34. The molecule has 3 aliphatic rings. The van der Waals surface area contributed by atoms with Crippen LogP contribution in [0, 0.1) is 5.92 Å². The van der Waals surface area contributed by atoms with Gasteiger partial charge in [0.25, 0.3) is 0 Å². The highest BCUT2D eigenvalue weighted by molar-refractivity contribution is 5.80. The van der Waals surface area contributed by atoms with Gasteiger partial charge in [-0.2, -0.15) is 5.10 Å². The molecule has 0 spiro atoms. The molecule has 4 aromatic rings. The number of H-pyrrole nitrogens is 1. The number of aromatic amines is 1. The molecule has 2 saturated heterocycles. The van der Waals surface area contributed by atoms with Crippen LogP contribution in [0.5, 0.6) is 0 Å². The number of benzene rings is 2. The van der Waals surface area contributed by atoms with Crippen LogP contribution in [0.4, 0.5) is 11.5 Å². The number of hydrogen-bond acceptors (Lipinski definition) is 7. The fourth-order valence-electron chi connectivity index (χ4n) is 5.76. The van der Waals surface area contributed by atoms with E-state index in [0.29, 0.717) is 30.9 Å². The largest absolute Gasteiger partial charge is 0.378 e. The van der Waals surface area contributed by atoms with Crippen LogP contribution in [0.15, 0.2) is 67.1 Å². The first-order valence-electron chi connectivity index (χ1n) is 13.6. The van der Waals surface area contributed by atoms with Crippen LogP contribution in [0.3, 0.4) is 0 Å². The van der Waals surface area contributed by atoms with Gasteiger partial charge in [-0.15, -0.1) is 0 Å². The zero-order valence-corrected chi connectivity index (χ0v) is 21.7. The molecule has 2 N–H and O–H groups in total. The number of anilines is 2. The normalized spacial score (nSPS) is 18.1. The zero-order valence-electron chi connectivity index (χ0n) is 21.7. The molecule has 0 atom stereocenters. The number of hydrogen-bond donors (Lipinski definition) is 2. The number of ether oxygens (including phenoxy) is 1. The first kappa shape index (κ1) is 24.0. The molecule has 198 valence electrons. The van der Waals surface area contributed by atoms with Gasteiger partial charge in [0, 0.05) is 48.2 Å². The average Bonchev–Trinajstić information content (AvgIpc) is 3.63. The molecule has 2 aromatic carbocycles. The van der Waals surface area contributed by atoms with Crippen LogP contribution in [-0.2, 0) is 22.6 Å². The average molecular weight is 522 g/mol. The standard InChI is InChI=1S/C30H31N7O2/c38-30(21-8-11-36(12-9-21)27-18-39-19-27)37-16-23-2-1-22(13-24(23)17-37)29-31-10-7-28(35-29)34-26-5-3-20(4-6-26)25-14-32-33-15-25/h1-7,10,13-15,21,27H,8-9,11-12,16-19H2,(H,32,33)(H,31,34,35). The summed E-state index contributed by atoms with van der Waals surface area (Å²) in [5.74, 6) is 1.80. The molecule has 0 bridgehead atoms. The molecule has 5 heterocycles. The van der Waals surface area contributed by atoms with Gasteiger partial charge in [-0.25, -0.2) is 9.97 Å². The van der Waals surface area contributed by atoms with Gasteiger partial charge in [0.2, 0.25) is 5.91 Å². The van der Waals surface area contributed by atoms with Gasteiger partial charge >= 0.3 is 0 Å². The van der Waals surface area contributed by atoms with Crippen molar-refractivity contribution in [1.29, 1.82) is 0 Å². The lowest BCUT2D eigenvalue weighted by molar-refractivity contribution is -0.139. The van der Waals surface area contributed by atoms with Gasteiger partial charge in [-0.1, -0.05) is 24.3 Å². The highest BCUT2D eigenvalue weighted by Crippen LogP contribution is 2.31. The number of rotatable bonds is 6. The molecule has 0 aliphatic carbocycles. The van der Waals surface area contributed by atoms with E-state index in [2.05, 4.69) is 55.7 Å². The van der Waals surface area contributed by atoms with Crippen molar-refractivity contribution >= 4 is 17.4 Å². The Bertz CT molecular complexity index is 1460. The molecular weight excluding hydrogens is 490 g/mol. The van der Waals surface area contributed by atoms with E-state index in [-0.39, 0.29) is 5.92 Å². The number of aromatic nitrogens is 4. The molecule has 9 nitrogen and oxygen atoms in total. The number of likely N-dealkylation sites (tertiary alicyclic amines) is 1. The first-order chi connectivity index (χ1) is 19.2. The van der Waals surface area contributed by atoms with E-state index >= 15 is 0 Å². The zero-order chi connectivity index (χ0) is 26.2. The number of nitrogens with zero attached hydrogens (tertiary/aromatic N) is 5. The lowest BCUT2D eigenvalue weighted by Crippen LogP contribution is -2.52. The first-order valence-corrected chi connectivity index (χ1v) is 13.6. The molecule has 3 aliphatic heterocycles. The van der Waals surface area contributed by atoms with E-state index in [9.17, 15) is 4.79 Å². The van der Waals surface area contributed by atoms with Crippen molar-refractivity contribution in [2.24, 2.45) is 5.92 Å². The van der Waals surface area contributed by atoms with Crippen molar-refractivity contribution in [2.45, 2.75) is 32.0 Å². The quantitative estimate of drug-likeness (QED) is 0.392. The van der Waals surface area contributed by atoms with Crippen molar-refractivity contribution in [3.8, 4) is 22.5 Å². The predicted octanol–water partition coefficient (Wildman–Crippen LogP) is 4.23. The Morgan fingerprint density at radius 2 is 1.74 bits per heavy atom. The van der Waals surface area contributed by atoms with Crippen molar-refractivity contribution in [3.05, 3.63) is 78.2 Å². The van der Waals surface area contributed by atoms with Gasteiger partial charge in [0.05, 0.1) is 25.5 Å². The summed E-state index contributed by atoms with van der Waals surface area (Å²) in [6.07, 6.45) is 7.33. The summed E-state index contributed by atoms with van der Waals surface area (Å²) in [5, 5.41) is 10.2. The topological polar surface area (TPSA) is 99.3 Å². The van der Waals surface area contributed by atoms with E-state index in [1.165, 1.54) is 11.1 Å². The number of nitrogens with one attached hydrogen (secondary N) is 2. The van der Waals surface area contributed by atoms with E-state index in [4.69, 9.17) is 9.72 Å². The Hall–Kier alpha value is -4.08. The monoisotopic (exact) mass is 521 g/mol.